The first-order chi connectivity index (χ1) is 21.2. The SMILES string of the molecule is CN1CCC(N(C)c2ccc(CN(C(=O)/C=C/c3ccc(C(F)(F)F)cc3)C3CCN(Cc4ccccc4)CC3)cc2)CC1. The van der Waals surface area contributed by atoms with Gasteiger partial charge in [0.1, 0.15) is 0 Å². The zero-order valence-corrected chi connectivity index (χ0v) is 25.7. The number of likely N-dealkylation sites (tertiary alicyclic amines) is 2. The molecule has 0 aliphatic carbocycles. The second-order valence-electron chi connectivity index (χ2n) is 12.2. The number of amides is 1. The Labute approximate surface area is 259 Å². The summed E-state index contributed by atoms with van der Waals surface area (Å²) in [4.78, 5) is 22.8. The van der Waals surface area contributed by atoms with Gasteiger partial charge >= 0.3 is 6.18 Å². The number of carbonyl (C=O) groups excluding carboxylic acids is 1. The van der Waals surface area contributed by atoms with Crippen LogP contribution in [-0.2, 0) is 24.1 Å². The largest absolute Gasteiger partial charge is 0.416 e. The van der Waals surface area contributed by atoms with Crippen molar-refractivity contribution in [2.45, 2.75) is 57.0 Å². The number of benzene rings is 3. The van der Waals surface area contributed by atoms with E-state index in [0.717, 1.165) is 76.1 Å². The summed E-state index contributed by atoms with van der Waals surface area (Å²) in [7, 11) is 4.33. The fraction of sp³-hybridized carbons (Fsp3) is 0.417. The van der Waals surface area contributed by atoms with Crippen LogP contribution in [0.5, 0.6) is 0 Å². The average molecular weight is 605 g/mol. The van der Waals surface area contributed by atoms with Crippen molar-refractivity contribution in [1.29, 1.82) is 0 Å². The third-order valence-corrected chi connectivity index (χ3v) is 9.12. The molecule has 1 amide bonds. The molecular formula is C36H43F3N4O. The van der Waals surface area contributed by atoms with Crippen LogP contribution in [0.15, 0.2) is 84.9 Å². The Morgan fingerprint density at radius 2 is 1.43 bits per heavy atom. The average Bonchev–Trinajstić information content (AvgIpc) is 3.03. The van der Waals surface area contributed by atoms with E-state index in [4.69, 9.17) is 0 Å². The van der Waals surface area contributed by atoms with E-state index in [1.54, 1.807) is 6.08 Å². The Morgan fingerprint density at radius 3 is 2.05 bits per heavy atom. The molecule has 0 N–H and O–H groups in total. The Hall–Kier alpha value is -3.62. The van der Waals surface area contributed by atoms with Gasteiger partial charge in [0.25, 0.3) is 0 Å². The van der Waals surface area contributed by atoms with Gasteiger partial charge in [-0.3, -0.25) is 9.69 Å². The second-order valence-corrected chi connectivity index (χ2v) is 12.2. The number of hydrogen-bond donors (Lipinski definition) is 0. The van der Waals surface area contributed by atoms with Crippen LogP contribution < -0.4 is 4.90 Å². The fourth-order valence-corrected chi connectivity index (χ4v) is 6.29. The highest BCUT2D eigenvalue weighted by Gasteiger charge is 2.30. The van der Waals surface area contributed by atoms with Crippen molar-refractivity contribution in [2.24, 2.45) is 0 Å². The number of piperidine rings is 2. The lowest BCUT2D eigenvalue weighted by Gasteiger charge is -2.38. The minimum absolute atomic E-state index is 0.0772. The highest BCUT2D eigenvalue weighted by molar-refractivity contribution is 5.92. The van der Waals surface area contributed by atoms with Crippen molar-refractivity contribution in [2.75, 3.05) is 45.2 Å². The lowest BCUT2D eigenvalue weighted by molar-refractivity contribution is -0.137. The molecule has 44 heavy (non-hydrogen) atoms. The molecule has 2 saturated heterocycles. The van der Waals surface area contributed by atoms with Gasteiger partial charge in [0.15, 0.2) is 0 Å². The molecule has 0 saturated carbocycles. The van der Waals surface area contributed by atoms with Gasteiger partial charge in [-0.05, 0) is 92.9 Å². The van der Waals surface area contributed by atoms with Crippen molar-refractivity contribution in [3.05, 3.63) is 107 Å². The number of hydrogen-bond acceptors (Lipinski definition) is 4. The summed E-state index contributed by atoms with van der Waals surface area (Å²) >= 11 is 0. The molecule has 2 aliphatic heterocycles. The number of alkyl halides is 3. The van der Waals surface area contributed by atoms with Crippen molar-refractivity contribution in [3.63, 3.8) is 0 Å². The van der Waals surface area contributed by atoms with Crippen molar-refractivity contribution >= 4 is 17.7 Å². The van der Waals surface area contributed by atoms with Crippen LogP contribution in [0.2, 0.25) is 0 Å². The van der Waals surface area contributed by atoms with E-state index >= 15 is 0 Å². The maximum Gasteiger partial charge on any atom is 0.416 e. The van der Waals surface area contributed by atoms with E-state index in [0.29, 0.717) is 18.2 Å². The molecule has 8 heteroatoms. The second kappa shape index (κ2) is 14.4. The fourth-order valence-electron chi connectivity index (χ4n) is 6.29. The Balaban J connectivity index is 1.27. The Bertz CT molecular complexity index is 1360. The van der Waals surface area contributed by atoms with Crippen LogP contribution in [-0.4, -0.2) is 73.0 Å². The van der Waals surface area contributed by atoms with Crippen LogP contribution in [0.25, 0.3) is 6.08 Å². The van der Waals surface area contributed by atoms with E-state index in [1.165, 1.54) is 29.5 Å². The number of anilines is 1. The molecule has 2 fully saturated rings. The summed E-state index contributed by atoms with van der Waals surface area (Å²) in [6.07, 6.45) is 2.74. The molecule has 5 nitrogen and oxygen atoms in total. The van der Waals surface area contributed by atoms with E-state index in [1.807, 2.05) is 11.0 Å². The van der Waals surface area contributed by atoms with Crippen LogP contribution in [0, 0.1) is 0 Å². The van der Waals surface area contributed by atoms with Gasteiger partial charge in [-0.25, -0.2) is 0 Å². The van der Waals surface area contributed by atoms with Gasteiger partial charge in [0, 0.05) is 57.1 Å². The highest BCUT2D eigenvalue weighted by Crippen LogP contribution is 2.29. The topological polar surface area (TPSA) is 30.0 Å². The minimum Gasteiger partial charge on any atom is -0.372 e. The Kier molecular flexibility index (Phi) is 10.4. The molecule has 3 aromatic carbocycles. The number of halogens is 3. The first-order valence-electron chi connectivity index (χ1n) is 15.6. The van der Waals surface area contributed by atoms with Crippen molar-refractivity contribution in [3.8, 4) is 0 Å². The summed E-state index contributed by atoms with van der Waals surface area (Å²) in [6.45, 7) is 5.38. The maximum atomic E-state index is 13.7. The molecule has 234 valence electrons. The summed E-state index contributed by atoms with van der Waals surface area (Å²) in [5.41, 5.74) is 3.38. The zero-order chi connectivity index (χ0) is 31.1. The van der Waals surface area contributed by atoms with E-state index < -0.39 is 11.7 Å². The number of carbonyl (C=O) groups is 1. The predicted molar refractivity (Wildman–Crippen MR) is 171 cm³/mol. The molecule has 0 spiro atoms. The monoisotopic (exact) mass is 604 g/mol. The van der Waals surface area contributed by atoms with E-state index in [-0.39, 0.29) is 11.9 Å². The molecular weight excluding hydrogens is 561 g/mol. The predicted octanol–water partition coefficient (Wildman–Crippen LogP) is 6.94. The quantitative estimate of drug-likeness (QED) is 0.248. The van der Waals surface area contributed by atoms with E-state index in [9.17, 15) is 18.0 Å². The van der Waals surface area contributed by atoms with Crippen LogP contribution in [0.1, 0.15) is 47.9 Å². The molecule has 0 radical (unpaired) electrons. The van der Waals surface area contributed by atoms with Gasteiger partial charge in [-0.2, -0.15) is 13.2 Å². The van der Waals surface area contributed by atoms with Gasteiger partial charge in [-0.15, -0.1) is 0 Å². The standard InChI is InChI=1S/C36H43F3N4O/c1-40-22-18-33(19-23-40)41(2)32-15-10-30(11-16-32)27-43(34-20-24-42(25-21-34)26-29-6-4-3-5-7-29)35(44)17-12-28-8-13-31(14-9-28)36(37,38)39/h3-17,33-34H,18-27H2,1-2H3/b17-12+. The van der Waals surface area contributed by atoms with Crippen molar-refractivity contribution < 1.29 is 18.0 Å². The zero-order valence-electron chi connectivity index (χ0n) is 25.7. The first kappa shape index (κ1) is 31.8. The molecule has 0 bridgehead atoms. The lowest BCUT2D eigenvalue weighted by Crippen LogP contribution is -2.46. The highest BCUT2D eigenvalue weighted by atomic mass is 19.4. The van der Waals surface area contributed by atoms with E-state index in [2.05, 4.69) is 77.3 Å². The molecule has 2 aliphatic rings. The third kappa shape index (κ3) is 8.51. The van der Waals surface area contributed by atoms with Gasteiger partial charge in [0.05, 0.1) is 5.56 Å². The lowest BCUT2D eigenvalue weighted by atomic mass is 10.0. The molecule has 5 rings (SSSR count). The van der Waals surface area contributed by atoms with Crippen LogP contribution >= 0.6 is 0 Å². The van der Waals surface area contributed by atoms with Crippen molar-refractivity contribution in [1.82, 2.24) is 14.7 Å². The minimum atomic E-state index is -4.39. The molecule has 2 heterocycles. The molecule has 0 aromatic heterocycles. The molecule has 3 aromatic rings. The van der Waals surface area contributed by atoms with Gasteiger partial charge in [-0.1, -0.05) is 54.6 Å². The third-order valence-electron chi connectivity index (χ3n) is 9.12. The van der Waals surface area contributed by atoms with Crippen LogP contribution in [0.4, 0.5) is 18.9 Å². The van der Waals surface area contributed by atoms with Gasteiger partial charge < -0.3 is 14.7 Å². The number of nitrogens with zero attached hydrogens (tertiary/aromatic N) is 4. The Morgan fingerprint density at radius 1 is 0.818 bits per heavy atom. The first-order valence-corrected chi connectivity index (χ1v) is 15.6. The summed E-state index contributed by atoms with van der Waals surface area (Å²) in [6, 6.07) is 24.5. The number of rotatable bonds is 9. The summed E-state index contributed by atoms with van der Waals surface area (Å²) in [5.74, 6) is -0.126. The van der Waals surface area contributed by atoms with Crippen LogP contribution in [0.3, 0.4) is 0 Å². The molecule has 0 unspecified atom stereocenters. The summed E-state index contributed by atoms with van der Waals surface area (Å²) in [5, 5.41) is 0. The normalized spacial score (nSPS) is 17.7. The maximum absolute atomic E-state index is 13.7. The molecule has 0 atom stereocenters. The van der Waals surface area contributed by atoms with Gasteiger partial charge in [0.2, 0.25) is 5.91 Å². The smallest absolute Gasteiger partial charge is 0.372 e. The summed E-state index contributed by atoms with van der Waals surface area (Å²) < 4.78 is 39.0.